The second-order valence-electron chi connectivity index (χ2n) is 4.84. The van der Waals surface area contributed by atoms with Gasteiger partial charge in [0.25, 0.3) is 0 Å². The van der Waals surface area contributed by atoms with E-state index in [1.54, 1.807) is 11.3 Å². The molecule has 2 heterocycles. The van der Waals surface area contributed by atoms with E-state index >= 15 is 0 Å². The van der Waals surface area contributed by atoms with Gasteiger partial charge in [-0.15, -0.1) is 11.3 Å². The molecule has 0 radical (unpaired) electrons. The Balaban J connectivity index is 1.81. The Bertz CT molecular complexity index is 514. The molecule has 21 heavy (non-hydrogen) atoms. The van der Waals surface area contributed by atoms with Gasteiger partial charge in [0.05, 0.1) is 3.79 Å². The molecule has 1 aromatic heterocycles. The lowest BCUT2D eigenvalue weighted by Gasteiger charge is -2.33. The number of rotatable bonds is 5. The number of aliphatic carboxylic acids is 1. The standard InChI is InChI=1S/C13H17BrN2O4S/c14-10-2-1-9(21-10)3-6-15-12(19)16-13(11(17)18)4-7-20-8-5-13/h1-2H,3-8H2,(H,17,18)(H2,15,16,19). The number of urea groups is 1. The molecule has 0 bridgehead atoms. The van der Waals surface area contributed by atoms with Crippen molar-refractivity contribution >= 4 is 39.3 Å². The monoisotopic (exact) mass is 376 g/mol. The largest absolute Gasteiger partial charge is 0.480 e. The number of carboxylic acids is 1. The third-order valence-electron chi connectivity index (χ3n) is 3.39. The number of carboxylic acid groups (broad SMARTS) is 1. The molecule has 8 heteroatoms. The van der Waals surface area contributed by atoms with Crippen molar-refractivity contribution in [1.29, 1.82) is 0 Å². The topological polar surface area (TPSA) is 87.7 Å². The minimum Gasteiger partial charge on any atom is -0.480 e. The van der Waals surface area contributed by atoms with E-state index in [1.807, 2.05) is 12.1 Å². The third-order valence-corrected chi connectivity index (χ3v) is 5.08. The Morgan fingerprint density at radius 1 is 1.38 bits per heavy atom. The SMILES string of the molecule is O=C(NCCc1ccc(Br)s1)NC1(C(=O)O)CCOCC1. The van der Waals surface area contributed by atoms with Gasteiger partial charge in [0.15, 0.2) is 0 Å². The molecule has 3 N–H and O–H groups in total. The summed E-state index contributed by atoms with van der Waals surface area (Å²) in [6, 6.07) is 3.50. The molecule has 6 nitrogen and oxygen atoms in total. The Hall–Kier alpha value is -1.12. The summed E-state index contributed by atoms with van der Waals surface area (Å²) in [5, 5.41) is 14.6. The van der Waals surface area contributed by atoms with Gasteiger partial charge in [0.2, 0.25) is 0 Å². The molecule has 0 spiro atoms. The van der Waals surface area contributed by atoms with Crippen LogP contribution in [0.4, 0.5) is 4.79 Å². The van der Waals surface area contributed by atoms with Gasteiger partial charge in [-0.1, -0.05) is 0 Å². The van der Waals surface area contributed by atoms with Crippen LogP contribution in [0.25, 0.3) is 0 Å². The summed E-state index contributed by atoms with van der Waals surface area (Å²) in [6.07, 6.45) is 1.29. The lowest BCUT2D eigenvalue weighted by Crippen LogP contribution is -2.59. The van der Waals surface area contributed by atoms with Gasteiger partial charge in [-0.2, -0.15) is 0 Å². The number of hydrogen-bond acceptors (Lipinski definition) is 4. The van der Waals surface area contributed by atoms with E-state index in [0.717, 1.165) is 8.66 Å². The van der Waals surface area contributed by atoms with Crippen molar-refractivity contribution in [2.45, 2.75) is 24.8 Å². The van der Waals surface area contributed by atoms with Crippen molar-refractivity contribution < 1.29 is 19.4 Å². The quantitative estimate of drug-likeness (QED) is 0.733. The molecule has 2 amide bonds. The first-order valence-corrected chi connectivity index (χ1v) is 8.24. The third kappa shape index (κ3) is 4.42. The Kier molecular flexibility index (Phi) is 5.60. The van der Waals surface area contributed by atoms with Gasteiger partial charge in [0.1, 0.15) is 5.54 Å². The average molecular weight is 377 g/mol. The van der Waals surface area contributed by atoms with Gasteiger partial charge in [-0.05, 0) is 34.5 Å². The van der Waals surface area contributed by atoms with Crippen LogP contribution in [0.2, 0.25) is 0 Å². The van der Waals surface area contributed by atoms with E-state index in [2.05, 4.69) is 26.6 Å². The second-order valence-corrected chi connectivity index (χ2v) is 7.38. The van der Waals surface area contributed by atoms with Crippen LogP contribution in [0.3, 0.4) is 0 Å². The van der Waals surface area contributed by atoms with Crippen LogP contribution >= 0.6 is 27.3 Å². The van der Waals surface area contributed by atoms with E-state index in [1.165, 1.54) is 0 Å². The molecule has 1 aliphatic heterocycles. The summed E-state index contributed by atoms with van der Waals surface area (Å²) >= 11 is 5.00. The van der Waals surface area contributed by atoms with Crippen molar-refractivity contribution in [2.75, 3.05) is 19.8 Å². The first-order valence-electron chi connectivity index (χ1n) is 6.63. The van der Waals surface area contributed by atoms with Crippen molar-refractivity contribution in [3.8, 4) is 0 Å². The minimum absolute atomic E-state index is 0.285. The highest BCUT2D eigenvalue weighted by Crippen LogP contribution is 2.22. The molecule has 1 saturated heterocycles. The number of hydrogen-bond donors (Lipinski definition) is 3. The van der Waals surface area contributed by atoms with E-state index in [0.29, 0.717) is 26.2 Å². The molecule has 0 aliphatic carbocycles. The van der Waals surface area contributed by atoms with Crippen LogP contribution in [0.1, 0.15) is 17.7 Å². The first-order chi connectivity index (χ1) is 10.0. The van der Waals surface area contributed by atoms with Gasteiger partial charge in [-0.25, -0.2) is 9.59 Å². The van der Waals surface area contributed by atoms with Gasteiger partial charge in [-0.3, -0.25) is 0 Å². The molecule has 1 aromatic rings. The number of nitrogens with one attached hydrogen (secondary N) is 2. The highest BCUT2D eigenvalue weighted by molar-refractivity contribution is 9.11. The van der Waals surface area contributed by atoms with E-state index in [-0.39, 0.29) is 12.8 Å². The zero-order valence-corrected chi connectivity index (χ0v) is 13.8. The molecule has 1 aliphatic rings. The molecule has 0 saturated carbocycles. The van der Waals surface area contributed by atoms with Crippen LogP contribution < -0.4 is 10.6 Å². The van der Waals surface area contributed by atoms with Gasteiger partial charge < -0.3 is 20.5 Å². The molecular formula is C13H17BrN2O4S. The number of halogens is 1. The lowest BCUT2D eigenvalue weighted by molar-refractivity contribution is -0.148. The highest BCUT2D eigenvalue weighted by atomic mass is 79.9. The molecule has 116 valence electrons. The number of carbonyl (C=O) groups excluding carboxylic acids is 1. The van der Waals surface area contributed by atoms with Crippen molar-refractivity contribution in [1.82, 2.24) is 10.6 Å². The highest BCUT2D eigenvalue weighted by Gasteiger charge is 2.41. The van der Waals surface area contributed by atoms with E-state index < -0.39 is 17.5 Å². The molecule has 0 aromatic carbocycles. The first kappa shape index (κ1) is 16.3. The fourth-order valence-corrected chi connectivity index (χ4v) is 3.64. The summed E-state index contributed by atoms with van der Waals surface area (Å²) in [5.41, 5.74) is -1.21. The van der Waals surface area contributed by atoms with Crippen LogP contribution in [0.5, 0.6) is 0 Å². The zero-order valence-electron chi connectivity index (χ0n) is 11.4. The predicted molar refractivity (Wildman–Crippen MR) is 82.7 cm³/mol. The predicted octanol–water partition coefficient (Wildman–Crippen LogP) is 1.99. The molecule has 1 fully saturated rings. The molecule has 2 rings (SSSR count). The maximum Gasteiger partial charge on any atom is 0.329 e. The Morgan fingerprint density at radius 3 is 2.67 bits per heavy atom. The number of ether oxygens (including phenoxy) is 1. The second kappa shape index (κ2) is 7.24. The fraction of sp³-hybridized carbons (Fsp3) is 0.538. The lowest BCUT2D eigenvalue weighted by atomic mass is 9.90. The van der Waals surface area contributed by atoms with Crippen molar-refractivity contribution in [3.63, 3.8) is 0 Å². The summed E-state index contributed by atoms with van der Waals surface area (Å²) in [6.45, 7) is 1.15. The fourth-order valence-electron chi connectivity index (χ4n) is 2.16. The number of carbonyl (C=O) groups is 2. The van der Waals surface area contributed by atoms with Crippen LogP contribution in [-0.2, 0) is 16.0 Å². The van der Waals surface area contributed by atoms with E-state index in [4.69, 9.17) is 4.74 Å². The summed E-state index contributed by atoms with van der Waals surface area (Å²) < 4.78 is 6.21. The van der Waals surface area contributed by atoms with Crippen molar-refractivity contribution in [2.24, 2.45) is 0 Å². The normalized spacial score (nSPS) is 17.2. The minimum atomic E-state index is -1.21. The van der Waals surface area contributed by atoms with E-state index in [9.17, 15) is 14.7 Å². The summed E-state index contributed by atoms with van der Waals surface area (Å²) in [4.78, 5) is 24.4. The average Bonchev–Trinajstić information content (AvgIpc) is 2.85. The molecule has 0 atom stereocenters. The van der Waals surface area contributed by atoms with Gasteiger partial charge in [0, 0.05) is 37.5 Å². The van der Waals surface area contributed by atoms with Crippen molar-refractivity contribution in [3.05, 3.63) is 20.8 Å². The maximum absolute atomic E-state index is 11.9. The van der Waals surface area contributed by atoms with Gasteiger partial charge >= 0.3 is 12.0 Å². The summed E-state index contributed by atoms with van der Waals surface area (Å²) in [7, 11) is 0. The smallest absolute Gasteiger partial charge is 0.329 e. The van der Waals surface area contributed by atoms with Crippen LogP contribution in [0, 0.1) is 0 Å². The summed E-state index contributed by atoms with van der Waals surface area (Å²) in [5.74, 6) is -1.01. The van der Waals surface area contributed by atoms with Crippen LogP contribution in [0.15, 0.2) is 15.9 Å². The maximum atomic E-state index is 11.9. The molecule has 0 unspecified atom stereocenters. The number of amides is 2. The molecular weight excluding hydrogens is 360 g/mol. The van der Waals surface area contributed by atoms with Crippen LogP contribution in [-0.4, -0.2) is 42.4 Å². The zero-order chi connectivity index (χ0) is 15.3. The Morgan fingerprint density at radius 2 is 2.10 bits per heavy atom. The Labute approximate surface area is 135 Å². The number of thiophene rings is 1.